The molecule has 120 valence electrons. The molecule has 23 heavy (non-hydrogen) atoms. The molecule has 1 unspecified atom stereocenters. The third-order valence-electron chi connectivity index (χ3n) is 4.36. The third kappa shape index (κ3) is 3.41. The number of nitrogens with zero attached hydrogens (tertiary/aromatic N) is 2. The van der Waals surface area contributed by atoms with Gasteiger partial charge in [0, 0.05) is 12.4 Å². The van der Waals surface area contributed by atoms with Gasteiger partial charge in [-0.05, 0) is 36.5 Å². The number of pyridine rings is 1. The van der Waals surface area contributed by atoms with Gasteiger partial charge < -0.3 is 4.84 Å². The maximum Gasteiger partial charge on any atom is 0.142 e. The average molecular weight is 310 g/mol. The second kappa shape index (κ2) is 7.35. The molecule has 5 heteroatoms. The number of hydrogen-bond acceptors (Lipinski definition) is 5. The van der Waals surface area contributed by atoms with E-state index in [-0.39, 0.29) is 0 Å². The van der Waals surface area contributed by atoms with E-state index >= 15 is 0 Å². The van der Waals surface area contributed by atoms with Crippen LogP contribution in [0.25, 0.3) is 0 Å². The molecule has 3 rings (SSSR count). The number of hydrazine groups is 1. The Hall–Kier alpha value is -2.24. The van der Waals surface area contributed by atoms with Crippen molar-refractivity contribution in [1.29, 1.82) is 0 Å². The maximum absolute atomic E-state index is 5.93. The summed E-state index contributed by atoms with van der Waals surface area (Å²) in [5, 5.41) is 4.43. The summed E-state index contributed by atoms with van der Waals surface area (Å²) in [5.74, 6) is 5.93. The fraction of sp³-hybridized carbons (Fsp3) is 0.333. The summed E-state index contributed by atoms with van der Waals surface area (Å²) in [7, 11) is 0. The monoisotopic (exact) mass is 310 g/mol. The van der Waals surface area contributed by atoms with Crippen LogP contribution >= 0.6 is 0 Å². The Bertz CT molecular complexity index is 645. The second-order valence-electron chi connectivity index (χ2n) is 5.80. The predicted molar refractivity (Wildman–Crippen MR) is 90.4 cm³/mol. The van der Waals surface area contributed by atoms with Gasteiger partial charge in [-0.15, -0.1) is 0 Å². The van der Waals surface area contributed by atoms with Gasteiger partial charge in [0.15, 0.2) is 0 Å². The molecule has 1 aliphatic rings. The summed E-state index contributed by atoms with van der Waals surface area (Å²) in [6.45, 7) is 0.456. The molecule has 0 spiro atoms. The van der Waals surface area contributed by atoms with Crippen molar-refractivity contribution < 1.29 is 4.84 Å². The minimum Gasteiger partial charge on any atom is -0.391 e. The molecule has 3 N–H and O–H groups in total. The largest absolute Gasteiger partial charge is 0.391 e. The molecule has 1 fully saturated rings. The summed E-state index contributed by atoms with van der Waals surface area (Å²) >= 11 is 0. The highest BCUT2D eigenvalue weighted by Crippen LogP contribution is 2.34. The normalized spacial score (nSPS) is 22.9. The lowest BCUT2D eigenvalue weighted by Crippen LogP contribution is -2.54. The molecule has 1 aromatic carbocycles. The second-order valence-corrected chi connectivity index (χ2v) is 5.80. The molecule has 1 aromatic heterocycles. The predicted octanol–water partition coefficient (Wildman–Crippen LogP) is 2.89. The van der Waals surface area contributed by atoms with E-state index in [1.54, 1.807) is 6.20 Å². The lowest BCUT2D eigenvalue weighted by Gasteiger charge is -2.37. The summed E-state index contributed by atoms with van der Waals surface area (Å²) in [5.41, 5.74) is 5.57. The van der Waals surface area contributed by atoms with Gasteiger partial charge in [-0.25, -0.2) is 5.43 Å². The molecule has 1 aliphatic carbocycles. The van der Waals surface area contributed by atoms with Crippen LogP contribution in [0.5, 0.6) is 0 Å². The van der Waals surface area contributed by atoms with Crippen LogP contribution in [0.15, 0.2) is 60.0 Å². The van der Waals surface area contributed by atoms with Crippen molar-refractivity contribution in [2.75, 3.05) is 0 Å². The number of rotatable bonds is 5. The number of nitrogens with two attached hydrogens (primary N) is 1. The van der Waals surface area contributed by atoms with Gasteiger partial charge in [-0.1, -0.05) is 48.0 Å². The molecule has 2 aromatic rings. The van der Waals surface area contributed by atoms with Gasteiger partial charge in [0.2, 0.25) is 0 Å². The zero-order valence-electron chi connectivity index (χ0n) is 13.1. The van der Waals surface area contributed by atoms with Crippen LogP contribution in [-0.2, 0) is 17.0 Å². The number of benzene rings is 1. The Morgan fingerprint density at radius 1 is 1.17 bits per heavy atom. The highest BCUT2D eigenvalue weighted by atomic mass is 16.6. The number of oxime groups is 1. The van der Waals surface area contributed by atoms with Crippen LogP contribution in [0.4, 0.5) is 0 Å². The van der Waals surface area contributed by atoms with Crippen molar-refractivity contribution in [2.24, 2.45) is 11.0 Å². The van der Waals surface area contributed by atoms with E-state index in [2.05, 4.69) is 15.6 Å². The van der Waals surface area contributed by atoms with Crippen LogP contribution in [0, 0.1) is 0 Å². The Kier molecular flexibility index (Phi) is 5.00. The fourth-order valence-electron chi connectivity index (χ4n) is 3.09. The molecule has 0 bridgehead atoms. The van der Waals surface area contributed by atoms with Crippen molar-refractivity contribution in [1.82, 2.24) is 10.4 Å². The molecule has 1 saturated carbocycles. The molecule has 0 saturated heterocycles. The van der Waals surface area contributed by atoms with E-state index in [9.17, 15) is 0 Å². The van der Waals surface area contributed by atoms with Crippen molar-refractivity contribution in [3.63, 3.8) is 0 Å². The van der Waals surface area contributed by atoms with Gasteiger partial charge in [0.05, 0.1) is 11.3 Å². The van der Waals surface area contributed by atoms with E-state index < -0.39 is 5.54 Å². The Morgan fingerprint density at radius 3 is 2.78 bits per heavy atom. The molecule has 0 aliphatic heterocycles. The first-order valence-electron chi connectivity index (χ1n) is 7.97. The highest BCUT2D eigenvalue weighted by Gasteiger charge is 2.39. The van der Waals surface area contributed by atoms with Gasteiger partial charge in [-0.2, -0.15) is 0 Å². The van der Waals surface area contributed by atoms with Crippen LogP contribution in [0.1, 0.15) is 36.8 Å². The van der Waals surface area contributed by atoms with Crippen LogP contribution < -0.4 is 11.3 Å². The first-order chi connectivity index (χ1) is 11.3. The molecular formula is C18H22N4O. The lowest BCUT2D eigenvalue weighted by molar-refractivity contribution is 0.125. The number of nitrogens with one attached hydrogen (secondary N) is 1. The van der Waals surface area contributed by atoms with Crippen molar-refractivity contribution >= 4 is 5.71 Å². The fourth-order valence-corrected chi connectivity index (χ4v) is 3.09. The molecular weight excluding hydrogens is 288 g/mol. The molecule has 0 amide bonds. The van der Waals surface area contributed by atoms with Gasteiger partial charge in [0.1, 0.15) is 6.61 Å². The number of hydrogen-bond donors (Lipinski definition) is 2. The SMILES string of the molecule is NNC1(c2cccnc2)CCCC/C1=N\OCc1ccccc1. The van der Waals surface area contributed by atoms with Gasteiger partial charge in [-0.3, -0.25) is 10.8 Å². The van der Waals surface area contributed by atoms with Crippen LogP contribution in [0.3, 0.4) is 0 Å². The van der Waals surface area contributed by atoms with Gasteiger partial charge >= 0.3 is 0 Å². The van der Waals surface area contributed by atoms with Crippen molar-refractivity contribution in [3.05, 3.63) is 66.0 Å². The first-order valence-corrected chi connectivity index (χ1v) is 7.97. The third-order valence-corrected chi connectivity index (χ3v) is 4.36. The zero-order chi connectivity index (χ0) is 16.0. The zero-order valence-corrected chi connectivity index (χ0v) is 13.1. The summed E-state index contributed by atoms with van der Waals surface area (Å²) < 4.78 is 0. The summed E-state index contributed by atoms with van der Waals surface area (Å²) in [4.78, 5) is 9.83. The molecule has 1 heterocycles. The summed E-state index contributed by atoms with van der Waals surface area (Å²) in [6.07, 6.45) is 7.56. The molecule has 1 atom stereocenters. The average Bonchev–Trinajstić information content (AvgIpc) is 2.64. The smallest absolute Gasteiger partial charge is 0.142 e. The molecule has 5 nitrogen and oxygen atoms in total. The van der Waals surface area contributed by atoms with E-state index in [1.165, 1.54) is 0 Å². The Balaban J connectivity index is 1.81. The maximum atomic E-state index is 5.93. The summed E-state index contributed by atoms with van der Waals surface area (Å²) in [6, 6.07) is 14.0. The van der Waals surface area contributed by atoms with Gasteiger partial charge in [0.25, 0.3) is 0 Å². The lowest BCUT2D eigenvalue weighted by atomic mass is 9.76. The highest BCUT2D eigenvalue weighted by molar-refractivity contribution is 5.94. The van der Waals surface area contributed by atoms with E-state index in [4.69, 9.17) is 10.7 Å². The first kappa shape index (κ1) is 15.6. The van der Waals surface area contributed by atoms with Crippen LogP contribution in [0.2, 0.25) is 0 Å². The van der Waals surface area contributed by atoms with E-state index in [0.29, 0.717) is 6.61 Å². The molecule has 0 radical (unpaired) electrons. The number of aromatic nitrogens is 1. The Morgan fingerprint density at radius 2 is 2.04 bits per heavy atom. The quantitative estimate of drug-likeness (QED) is 0.658. The minimum absolute atomic E-state index is 0.456. The minimum atomic E-state index is -0.483. The standard InChI is InChI=1S/C18H22N4O/c19-22-18(16-9-6-12-20-13-16)11-5-4-10-17(18)21-23-14-15-7-2-1-3-8-15/h1-3,6-9,12-13,22H,4-5,10-11,14,19H2/b21-17+. The van der Waals surface area contributed by atoms with E-state index in [1.807, 2.05) is 48.7 Å². The Labute approximate surface area is 136 Å². The van der Waals surface area contributed by atoms with E-state index in [0.717, 1.165) is 42.5 Å². The van der Waals surface area contributed by atoms with Crippen molar-refractivity contribution in [2.45, 2.75) is 37.8 Å². The van der Waals surface area contributed by atoms with Crippen molar-refractivity contribution in [3.8, 4) is 0 Å². The van der Waals surface area contributed by atoms with Crippen LogP contribution in [-0.4, -0.2) is 10.7 Å². The topological polar surface area (TPSA) is 72.5 Å².